The molecule has 8 heteroatoms. The van der Waals surface area contributed by atoms with Crippen LogP contribution in [0.15, 0.2) is 24.3 Å². The summed E-state index contributed by atoms with van der Waals surface area (Å²) in [5.41, 5.74) is 0.629. The van der Waals surface area contributed by atoms with Crippen molar-refractivity contribution in [2.45, 2.75) is 33.3 Å². The number of non-ortho nitro benzene ring substituents is 1. The third-order valence-corrected chi connectivity index (χ3v) is 4.52. The number of nitro benzene ring substituents is 1. The zero-order valence-corrected chi connectivity index (χ0v) is 16.7. The molecule has 1 fully saturated rings. The number of carbonyl (C=O) groups excluding carboxylic acids is 1. The van der Waals surface area contributed by atoms with E-state index in [1.165, 1.54) is 0 Å². The summed E-state index contributed by atoms with van der Waals surface area (Å²) in [5, 5.41) is 10.8. The number of hydrogen-bond donors (Lipinski definition) is 0. The van der Waals surface area contributed by atoms with Crippen LogP contribution in [-0.2, 0) is 4.74 Å². The van der Waals surface area contributed by atoms with Gasteiger partial charge in [0.1, 0.15) is 5.60 Å². The molecule has 1 aromatic rings. The summed E-state index contributed by atoms with van der Waals surface area (Å²) in [4.78, 5) is 28.9. The molecule has 2 rings (SSSR count). The molecular weight excluding hydrogens is 348 g/mol. The van der Waals surface area contributed by atoms with Gasteiger partial charge >= 0.3 is 6.09 Å². The Hall–Kier alpha value is -2.35. The van der Waals surface area contributed by atoms with Gasteiger partial charge in [-0.05, 0) is 39.8 Å². The van der Waals surface area contributed by atoms with Gasteiger partial charge in [0, 0.05) is 63.6 Å². The fourth-order valence-electron chi connectivity index (χ4n) is 2.98. The minimum atomic E-state index is -0.485. The standard InChI is InChI=1S/C19H30N4O4/c1-5-21(18(24)27-19(2,3)4)13-10-20-11-14-22(15-12-20)16-6-8-17(9-7-16)23(25)26/h6-9H,5,10-15H2,1-4H3. The smallest absolute Gasteiger partial charge is 0.410 e. The van der Waals surface area contributed by atoms with Gasteiger partial charge in [-0.15, -0.1) is 0 Å². The summed E-state index contributed by atoms with van der Waals surface area (Å²) in [6.07, 6.45) is -0.269. The Bertz CT molecular complexity index is 634. The Morgan fingerprint density at radius 1 is 1.19 bits per heavy atom. The van der Waals surface area contributed by atoms with Crippen LogP contribution in [0.1, 0.15) is 27.7 Å². The lowest BCUT2D eigenvalue weighted by atomic mass is 10.2. The fourth-order valence-corrected chi connectivity index (χ4v) is 2.98. The first-order valence-electron chi connectivity index (χ1n) is 9.39. The Labute approximate surface area is 160 Å². The monoisotopic (exact) mass is 378 g/mol. The third kappa shape index (κ3) is 6.39. The number of carbonyl (C=O) groups is 1. The van der Waals surface area contributed by atoms with E-state index in [0.717, 1.165) is 38.4 Å². The van der Waals surface area contributed by atoms with Crippen LogP contribution in [0.5, 0.6) is 0 Å². The van der Waals surface area contributed by atoms with Gasteiger partial charge in [-0.25, -0.2) is 4.79 Å². The van der Waals surface area contributed by atoms with E-state index in [0.29, 0.717) is 13.1 Å². The maximum Gasteiger partial charge on any atom is 0.410 e. The predicted molar refractivity (Wildman–Crippen MR) is 105 cm³/mol. The van der Waals surface area contributed by atoms with Gasteiger partial charge < -0.3 is 14.5 Å². The average Bonchev–Trinajstić information content (AvgIpc) is 2.61. The molecule has 150 valence electrons. The minimum absolute atomic E-state index is 0.110. The van der Waals surface area contributed by atoms with Crippen molar-refractivity contribution in [1.29, 1.82) is 0 Å². The van der Waals surface area contributed by atoms with Crippen molar-refractivity contribution < 1.29 is 14.5 Å². The Balaban J connectivity index is 1.79. The van der Waals surface area contributed by atoms with E-state index in [2.05, 4.69) is 9.80 Å². The number of anilines is 1. The van der Waals surface area contributed by atoms with Crippen molar-refractivity contribution in [2.24, 2.45) is 0 Å². The second kappa shape index (κ2) is 9.03. The van der Waals surface area contributed by atoms with Gasteiger partial charge in [0.25, 0.3) is 5.69 Å². The molecule has 1 heterocycles. The molecule has 0 bridgehead atoms. The third-order valence-electron chi connectivity index (χ3n) is 4.52. The molecule has 0 aromatic heterocycles. The topological polar surface area (TPSA) is 79.2 Å². The van der Waals surface area contributed by atoms with Gasteiger partial charge in [0.05, 0.1) is 4.92 Å². The lowest BCUT2D eigenvalue weighted by Gasteiger charge is -2.37. The van der Waals surface area contributed by atoms with Gasteiger partial charge in [0.15, 0.2) is 0 Å². The first-order chi connectivity index (χ1) is 12.7. The van der Waals surface area contributed by atoms with E-state index >= 15 is 0 Å². The van der Waals surface area contributed by atoms with Crippen molar-refractivity contribution in [3.05, 3.63) is 34.4 Å². The van der Waals surface area contributed by atoms with E-state index in [9.17, 15) is 14.9 Å². The maximum atomic E-state index is 12.2. The molecule has 1 aliphatic heterocycles. The van der Waals surface area contributed by atoms with Crippen LogP contribution in [-0.4, -0.2) is 72.2 Å². The minimum Gasteiger partial charge on any atom is -0.444 e. The summed E-state index contributed by atoms with van der Waals surface area (Å²) >= 11 is 0. The zero-order valence-electron chi connectivity index (χ0n) is 16.7. The van der Waals surface area contributed by atoms with Crippen molar-refractivity contribution in [3.63, 3.8) is 0 Å². The SMILES string of the molecule is CCN(CCN1CCN(c2ccc([N+](=O)[O-])cc2)CC1)C(=O)OC(C)(C)C. The van der Waals surface area contributed by atoms with E-state index in [4.69, 9.17) is 4.74 Å². The quantitative estimate of drug-likeness (QED) is 0.559. The van der Waals surface area contributed by atoms with Crippen molar-refractivity contribution in [3.8, 4) is 0 Å². The van der Waals surface area contributed by atoms with Crippen LogP contribution in [0.25, 0.3) is 0 Å². The first-order valence-corrected chi connectivity index (χ1v) is 9.39. The number of hydrogen-bond acceptors (Lipinski definition) is 6. The second-order valence-electron chi connectivity index (χ2n) is 7.66. The van der Waals surface area contributed by atoms with Crippen LogP contribution in [0, 0.1) is 10.1 Å². The molecule has 0 saturated carbocycles. The number of piperazine rings is 1. The van der Waals surface area contributed by atoms with Crippen molar-refractivity contribution in [1.82, 2.24) is 9.80 Å². The number of nitrogens with zero attached hydrogens (tertiary/aromatic N) is 4. The highest BCUT2D eigenvalue weighted by molar-refractivity contribution is 5.68. The van der Waals surface area contributed by atoms with Gasteiger partial charge in [0.2, 0.25) is 0 Å². The molecule has 1 aliphatic rings. The highest BCUT2D eigenvalue weighted by Gasteiger charge is 2.23. The summed E-state index contributed by atoms with van der Waals surface area (Å²) in [6, 6.07) is 6.69. The second-order valence-corrected chi connectivity index (χ2v) is 7.66. The Kier molecular flexibility index (Phi) is 7.01. The number of rotatable bonds is 6. The first kappa shape index (κ1) is 21.0. The predicted octanol–water partition coefficient (Wildman–Crippen LogP) is 2.97. The number of nitro groups is 1. The summed E-state index contributed by atoms with van der Waals surface area (Å²) < 4.78 is 5.44. The fraction of sp³-hybridized carbons (Fsp3) is 0.632. The Morgan fingerprint density at radius 3 is 2.26 bits per heavy atom. The molecule has 1 amide bonds. The molecule has 1 saturated heterocycles. The normalized spacial score (nSPS) is 15.5. The molecular formula is C19H30N4O4. The molecule has 0 unspecified atom stereocenters. The highest BCUT2D eigenvalue weighted by Crippen LogP contribution is 2.20. The van der Waals surface area contributed by atoms with E-state index in [1.54, 1.807) is 29.2 Å². The lowest BCUT2D eigenvalue weighted by Crippen LogP contribution is -2.49. The van der Waals surface area contributed by atoms with Crippen molar-refractivity contribution >= 4 is 17.5 Å². The van der Waals surface area contributed by atoms with Gasteiger partial charge in [-0.3, -0.25) is 15.0 Å². The summed E-state index contributed by atoms with van der Waals surface area (Å²) in [7, 11) is 0. The Morgan fingerprint density at radius 2 is 1.78 bits per heavy atom. The van der Waals surface area contributed by atoms with Crippen LogP contribution < -0.4 is 4.90 Å². The average molecular weight is 378 g/mol. The number of amides is 1. The molecule has 0 N–H and O–H groups in total. The molecule has 0 radical (unpaired) electrons. The van der Waals surface area contributed by atoms with Gasteiger partial charge in [-0.2, -0.15) is 0 Å². The van der Waals surface area contributed by atoms with Crippen LogP contribution in [0.2, 0.25) is 0 Å². The van der Waals surface area contributed by atoms with Crippen LogP contribution in [0.4, 0.5) is 16.2 Å². The summed E-state index contributed by atoms with van der Waals surface area (Å²) in [6.45, 7) is 13.1. The number of likely N-dealkylation sites (N-methyl/N-ethyl adjacent to an activating group) is 1. The number of benzene rings is 1. The van der Waals surface area contributed by atoms with E-state index in [1.807, 2.05) is 27.7 Å². The van der Waals surface area contributed by atoms with Gasteiger partial charge in [-0.1, -0.05) is 0 Å². The molecule has 1 aromatic carbocycles. The zero-order chi connectivity index (χ0) is 20.0. The molecule has 0 atom stereocenters. The molecule has 27 heavy (non-hydrogen) atoms. The van der Waals surface area contributed by atoms with Crippen LogP contribution in [0.3, 0.4) is 0 Å². The number of ether oxygens (including phenoxy) is 1. The van der Waals surface area contributed by atoms with E-state index in [-0.39, 0.29) is 16.7 Å². The van der Waals surface area contributed by atoms with E-state index < -0.39 is 5.60 Å². The molecule has 0 aliphatic carbocycles. The highest BCUT2D eigenvalue weighted by atomic mass is 16.6. The summed E-state index contributed by atoms with van der Waals surface area (Å²) in [5.74, 6) is 0. The van der Waals surface area contributed by atoms with Crippen LogP contribution >= 0.6 is 0 Å². The lowest BCUT2D eigenvalue weighted by molar-refractivity contribution is -0.384. The van der Waals surface area contributed by atoms with Crippen molar-refractivity contribution in [2.75, 3.05) is 50.7 Å². The molecule has 0 spiro atoms. The maximum absolute atomic E-state index is 12.2. The molecule has 8 nitrogen and oxygen atoms in total. The largest absolute Gasteiger partial charge is 0.444 e.